The molecule has 2 unspecified atom stereocenters. The highest BCUT2D eigenvalue weighted by atomic mass is 35.5. The molecule has 51 heavy (non-hydrogen) atoms. The summed E-state index contributed by atoms with van der Waals surface area (Å²) in [5, 5.41) is 33.2. The number of Topliss-reactive ketones (excluding diaryl/α,β-unsaturated/α-hetero) is 2. The van der Waals surface area contributed by atoms with E-state index in [2.05, 4.69) is 10.6 Å². The number of allylic oxidation sites excluding steroid dienone is 2. The molecule has 260 valence electrons. The van der Waals surface area contributed by atoms with Gasteiger partial charge in [0.1, 0.15) is 45.6 Å². The predicted octanol–water partition coefficient (Wildman–Crippen LogP) is 4.52. The van der Waals surface area contributed by atoms with Gasteiger partial charge >= 0.3 is 0 Å². The Balaban J connectivity index is 0.000000163. The average molecular weight is 730 g/mol. The van der Waals surface area contributed by atoms with Crippen molar-refractivity contribution < 1.29 is 33.8 Å². The van der Waals surface area contributed by atoms with E-state index in [4.69, 9.17) is 49.2 Å². The largest absolute Gasteiger partial charge is 0.444 e. The lowest BCUT2D eigenvalue weighted by molar-refractivity contribution is -0.123. The van der Waals surface area contributed by atoms with Crippen LogP contribution in [0.25, 0.3) is 0 Å². The Morgan fingerprint density at radius 3 is 1.47 bits per heavy atom. The van der Waals surface area contributed by atoms with E-state index in [1.54, 1.807) is 43.3 Å². The van der Waals surface area contributed by atoms with Gasteiger partial charge in [0, 0.05) is 64.8 Å². The Labute approximate surface area is 301 Å². The molecule has 0 bridgehead atoms. The van der Waals surface area contributed by atoms with Crippen LogP contribution in [0.15, 0.2) is 82.0 Å². The summed E-state index contributed by atoms with van der Waals surface area (Å²) in [5.41, 5.74) is 10.9. The zero-order chi connectivity index (χ0) is 36.8. The van der Waals surface area contributed by atoms with Crippen molar-refractivity contribution in [3.63, 3.8) is 0 Å². The number of aliphatic hydroxyl groups is 1. The molecule has 6 aliphatic rings. The molecule has 4 aliphatic heterocycles. The summed E-state index contributed by atoms with van der Waals surface area (Å²) >= 11 is 12.2. The molecule has 2 aromatic rings. The van der Waals surface area contributed by atoms with E-state index < -0.39 is 22.6 Å². The number of hydrogen-bond acceptors (Lipinski definition) is 11. The van der Waals surface area contributed by atoms with Crippen LogP contribution in [-0.2, 0) is 39.5 Å². The van der Waals surface area contributed by atoms with Gasteiger partial charge in [-0.25, -0.2) is 0 Å². The molecule has 2 aromatic carbocycles. The first-order valence-corrected chi connectivity index (χ1v) is 16.7. The van der Waals surface area contributed by atoms with Gasteiger partial charge in [0.25, 0.3) is 0 Å². The molecule has 0 radical (unpaired) electrons. The number of nitriles is 2. The third-order valence-electron chi connectivity index (χ3n) is 9.36. The van der Waals surface area contributed by atoms with E-state index in [0.717, 1.165) is 0 Å². The first-order chi connectivity index (χ1) is 24.4. The number of carbonyl (C=O) groups is 4. The summed E-state index contributed by atoms with van der Waals surface area (Å²) in [6, 6.07) is 13.7. The molecule has 2 amide bonds. The van der Waals surface area contributed by atoms with E-state index >= 15 is 0 Å². The first-order valence-electron chi connectivity index (χ1n) is 15.9. The fourth-order valence-electron chi connectivity index (χ4n) is 7.48. The minimum atomic E-state index is -1.58. The number of amides is 2. The second-order valence-corrected chi connectivity index (χ2v) is 13.0. The Kier molecular flexibility index (Phi) is 9.16. The van der Waals surface area contributed by atoms with Crippen LogP contribution >= 0.6 is 23.2 Å². The number of rotatable bonds is 0. The van der Waals surface area contributed by atoms with Crippen molar-refractivity contribution in [3.8, 4) is 12.1 Å². The molecule has 0 saturated heterocycles. The minimum absolute atomic E-state index is 0.0741. The molecule has 0 aromatic heterocycles. The molecule has 15 heteroatoms. The van der Waals surface area contributed by atoms with Gasteiger partial charge in [0.15, 0.2) is 11.6 Å². The van der Waals surface area contributed by atoms with Crippen molar-refractivity contribution in [1.29, 1.82) is 10.5 Å². The van der Waals surface area contributed by atoms with Crippen LogP contribution in [0, 0.1) is 22.7 Å². The van der Waals surface area contributed by atoms with Gasteiger partial charge < -0.3 is 36.7 Å². The second-order valence-electron chi connectivity index (χ2n) is 12.2. The normalized spacial score (nSPS) is 24.0. The number of benzene rings is 2. The van der Waals surface area contributed by atoms with Gasteiger partial charge in [-0.2, -0.15) is 10.5 Å². The topological polar surface area (TPSA) is 231 Å². The Hall–Kier alpha value is -5.60. The number of ketones is 2. The fraction of sp³-hybridized carbons (Fsp3) is 0.278. The average Bonchev–Trinajstić information content (AvgIpc) is 3.51. The van der Waals surface area contributed by atoms with Gasteiger partial charge in [0.05, 0.1) is 11.1 Å². The summed E-state index contributed by atoms with van der Waals surface area (Å²) in [6.07, 6.45) is 2.81. The number of aliphatic hydroxyl groups excluding tert-OH is 1. The molecule has 2 atom stereocenters. The van der Waals surface area contributed by atoms with Crippen LogP contribution in [0.3, 0.4) is 0 Å². The smallest absolute Gasteiger partial charge is 0.245 e. The van der Waals surface area contributed by atoms with Crippen molar-refractivity contribution in [2.75, 3.05) is 17.2 Å². The highest BCUT2D eigenvalue weighted by Crippen LogP contribution is 2.55. The van der Waals surface area contributed by atoms with E-state index in [1.165, 1.54) is 0 Å². The van der Waals surface area contributed by atoms with Gasteiger partial charge in [-0.3, -0.25) is 19.2 Å². The van der Waals surface area contributed by atoms with E-state index in [0.29, 0.717) is 82.6 Å². The zero-order valence-corrected chi connectivity index (χ0v) is 28.6. The molecular weight excluding hydrogens is 699 g/mol. The van der Waals surface area contributed by atoms with E-state index in [9.17, 15) is 29.7 Å². The molecule has 4 heterocycles. The molecule has 2 spiro atoms. The number of halogens is 2. The van der Waals surface area contributed by atoms with Crippen molar-refractivity contribution in [2.45, 2.75) is 56.3 Å². The van der Waals surface area contributed by atoms with Gasteiger partial charge in [-0.1, -0.05) is 23.2 Å². The SMILES string of the molecule is CCO.N#CC1=C(N)OC2=C(C(=O)CCC2)C12C(=O)Nc1ccc(Cl)cc12.N#CC1=C(N)OC2=C(C(=O)CCC2)C12C(=O)Nc1ccc(Cl)cc12. The van der Waals surface area contributed by atoms with Crippen molar-refractivity contribution in [3.05, 3.63) is 103 Å². The molecule has 2 aliphatic carbocycles. The lowest BCUT2D eigenvalue weighted by Crippen LogP contribution is -2.46. The lowest BCUT2D eigenvalue weighted by atomic mass is 9.65. The number of hydrogen-bond donors (Lipinski definition) is 5. The summed E-state index contributed by atoms with van der Waals surface area (Å²) in [7, 11) is 0. The second kappa shape index (κ2) is 13.3. The van der Waals surface area contributed by atoms with Crippen molar-refractivity contribution in [2.24, 2.45) is 11.5 Å². The number of nitrogens with two attached hydrogens (primary N) is 2. The van der Waals surface area contributed by atoms with Gasteiger partial charge in [-0.05, 0) is 56.2 Å². The number of ether oxygens (including phenoxy) is 2. The first kappa shape index (κ1) is 35.2. The predicted molar refractivity (Wildman–Crippen MR) is 184 cm³/mol. The highest BCUT2D eigenvalue weighted by molar-refractivity contribution is 6.32. The zero-order valence-electron chi connectivity index (χ0n) is 27.1. The van der Waals surface area contributed by atoms with Gasteiger partial charge in [-0.15, -0.1) is 0 Å². The molecule has 0 fully saturated rings. The number of fused-ring (bicyclic) bond motifs is 6. The third-order valence-corrected chi connectivity index (χ3v) is 9.83. The van der Waals surface area contributed by atoms with Crippen LogP contribution in [0.4, 0.5) is 11.4 Å². The summed E-state index contributed by atoms with van der Waals surface area (Å²) in [6.45, 7) is 1.93. The van der Waals surface area contributed by atoms with Crippen LogP contribution in [-0.4, -0.2) is 35.1 Å². The third kappa shape index (κ3) is 5.16. The van der Waals surface area contributed by atoms with E-state index in [1.807, 2.05) is 12.1 Å². The number of carbonyl (C=O) groups excluding carboxylic acids is 4. The fourth-order valence-corrected chi connectivity index (χ4v) is 7.82. The Morgan fingerprint density at radius 1 is 0.745 bits per heavy atom. The quantitative estimate of drug-likeness (QED) is 0.253. The lowest BCUT2D eigenvalue weighted by Gasteiger charge is -2.37. The minimum Gasteiger partial charge on any atom is -0.444 e. The van der Waals surface area contributed by atoms with Gasteiger partial charge in [0.2, 0.25) is 23.6 Å². The molecule has 13 nitrogen and oxygen atoms in total. The van der Waals surface area contributed by atoms with Crippen LogP contribution in [0.2, 0.25) is 10.0 Å². The van der Waals surface area contributed by atoms with Crippen molar-refractivity contribution >= 4 is 58.0 Å². The maximum absolute atomic E-state index is 13.0. The maximum Gasteiger partial charge on any atom is 0.245 e. The number of nitrogens with zero attached hydrogens (tertiary/aromatic N) is 2. The maximum atomic E-state index is 13.0. The number of anilines is 2. The van der Waals surface area contributed by atoms with E-state index in [-0.39, 0.29) is 52.2 Å². The van der Waals surface area contributed by atoms with Crippen molar-refractivity contribution in [1.82, 2.24) is 0 Å². The summed E-state index contributed by atoms with van der Waals surface area (Å²) < 4.78 is 11.1. The standard InChI is InChI=1S/2C17H12ClN3O3.C2H6O/c2*18-8-4-5-11-9(6-8)17(16(23)21-11)10(7-19)15(20)24-13-3-1-2-12(22)14(13)17;1-2-3/h2*4-6H,1-3,20H2,(H,21,23);3H,2H2,1H3. The highest BCUT2D eigenvalue weighted by Gasteiger charge is 2.61. The Bertz CT molecular complexity index is 2020. The van der Waals surface area contributed by atoms with Crippen LogP contribution in [0.5, 0.6) is 0 Å². The summed E-state index contributed by atoms with van der Waals surface area (Å²) in [5.74, 6) is -0.936. The molecular formula is C36H30Cl2N6O7. The number of nitrogens with one attached hydrogen (secondary N) is 2. The van der Waals surface area contributed by atoms with Crippen LogP contribution < -0.4 is 22.1 Å². The molecule has 7 N–H and O–H groups in total. The van der Waals surface area contributed by atoms with Crippen LogP contribution in [0.1, 0.15) is 56.6 Å². The molecule has 8 rings (SSSR count). The Morgan fingerprint density at radius 2 is 1.12 bits per heavy atom. The summed E-state index contributed by atoms with van der Waals surface area (Å²) in [4.78, 5) is 51.3. The molecule has 0 saturated carbocycles. The monoisotopic (exact) mass is 728 g/mol.